The van der Waals surface area contributed by atoms with Crippen LogP contribution in [0.4, 0.5) is 0 Å². The maximum Gasteiger partial charge on any atom is 0.124 e. The molecule has 1 aromatic rings. The van der Waals surface area contributed by atoms with Gasteiger partial charge in [0, 0.05) is 37.2 Å². The zero-order valence-electron chi connectivity index (χ0n) is 11.1. The summed E-state index contributed by atoms with van der Waals surface area (Å²) in [5.41, 5.74) is 1.32. The van der Waals surface area contributed by atoms with Crippen molar-refractivity contribution in [2.75, 3.05) is 26.7 Å². The van der Waals surface area contributed by atoms with Crippen LogP contribution in [0.3, 0.4) is 0 Å². The summed E-state index contributed by atoms with van der Waals surface area (Å²) < 4.78 is 5.68. The maximum absolute atomic E-state index is 5.68. The number of nitrogens with zero attached hydrogens (tertiary/aromatic N) is 1. The first-order valence-corrected chi connectivity index (χ1v) is 7.00. The third kappa shape index (κ3) is 2.68. The number of likely N-dealkylation sites (N-methyl/N-ethyl adjacent to an activating group) is 1. The molecule has 1 heterocycles. The van der Waals surface area contributed by atoms with Crippen molar-refractivity contribution in [3.05, 3.63) is 29.8 Å². The minimum atomic E-state index is 0.461. The van der Waals surface area contributed by atoms with Gasteiger partial charge in [0.25, 0.3) is 0 Å². The van der Waals surface area contributed by atoms with Crippen molar-refractivity contribution in [2.24, 2.45) is 0 Å². The molecule has 3 nitrogen and oxygen atoms in total. The number of rotatable bonds is 5. The molecule has 0 aromatic heterocycles. The maximum atomic E-state index is 5.68. The van der Waals surface area contributed by atoms with Gasteiger partial charge in [0.1, 0.15) is 5.75 Å². The Kier molecular flexibility index (Phi) is 3.52. The SMILES string of the molecule is CN(CCNC1CCOc2ccccc21)C1CC1. The zero-order valence-corrected chi connectivity index (χ0v) is 11.1. The molecule has 1 atom stereocenters. The Morgan fingerprint density at radius 2 is 2.11 bits per heavy atom. The number of nitrogens with one attached hydrogen (secondary N) is 1. The van der Waals surface area contributed by atoms with Crippen molar-refractivity contribution in [1.29, 1.82) is 0 Å². The topological polar surface area (TPSA) is 24.5 Å². The first kappa shape index (κ1) is 12.0. The van der Waals surface area contributed by atoms with Crippen LogP contribution >= 0.6 is 0 Å². The van der Waals surface area contributed by atoms with E-state index in [2.05, 4.69) is 35.5 Å². The Bertz CT molecular complexity index is 403. The van der Waals surface area contributed by atoms with Gasteiger partial charge in [0.2, 0.25) is 0 Å². The van der Waals surface area contributed by atoms with Gasteiger partial charge in [-0.05, 0) is 26.0 Å². The first-order chi connectivity index (χ1) is 8.84. The highest BCUT2D eigenvalue weighted by molar-refractivity contribution is 5.37. The van der Waals surface area contributed by atoms with Gasteiger partial charge in [0.05, 0.1) is 6.61 Å². The molecule has 1 N–H and O–H groups in total. The summed E-state index contributed by atoms with van der Waals surface area (Å²) >= 11 is 0. The smallest absolute Gasteiger partial charge is 0.124 e. The first-order valence-electron chi connectivity index (χ1n) is 7.00. The van der Waals surface area contributed by atoms with Crippen LogP contribution in [0, 0.1) is 0 Å². The number of benzene rings is 1. The van der Waals surface area contributed by atoms with Crippen LogP contribution in [0.2, 0.25) is 0 Å². The third-order valence-electron chi connectivity index (χ3n) is 3.98. The van der Waals surface area contributed by atoms with E-state index in [4.69, 9.17) is 4.74 Å². The lowest BCUT2D eigenvalue weighted by Gasteiger charge is -2.27. The number of fused-ring (bicyclic) bond motifs is 1. The second-order valence-corrected chi connectivity index (χ2v) is 5.39. The van der Waals surface area contributed by atoms with E-state index >= 15 is 0 Å². The van der Waals surface area contributed by atoms with E-state index < -0.39 is 0 Å². The average Bonchev–Trinajstić information content (AvgIpc) is 3.23. The quantitative estimate of drug-likeness (QED) is 0.862. The van der Waals surface area contributed by atoms with Crippen LogP contribution in [0.1, 0.15) is 30.9 Å². The molecule has 1 aromatic carbocycles. The van der Waals surface area contributed by atoms with Gasteiger partial charge in [-0.15, -0.1) is 0 Å². The third-order valence-corrected chi connectivity index (χ3v) is 3.98. The molecule has 0 bridgehead atoms. The van der Waals surface area contributed by atoms with Crippen molar-refractivity contribution in [3.8, 4) is 5.75 Å². The Morgan fingerprint density at radius 3 is 2.94 bits per heavy atom. The van der Waals surface area contributed by atoms with E-state index in [9.17, 15) is 0 Å². The molecule has 1 aliphatic carbocycles. The molecule has 3 heteroatoms. The fourth-order valence-electron chi connectivity index (χ4n) is 2.67. The Labute approximate surface area is 109 Å². The molecule has 0 saturated heterocycles. The van der Waals surface area contributed by atoms with E-state index in [0.29, 0.717) is 6.04 Å². The number of ether oxygens (including phenoxy) is 1. The summed E-state index contributed by atoms with van der Waals surface area (Å²) in [5, 5.41) is 3.67. The second-order valence-electron chi connectivity index (χ2n) is 5.39. The molecule has 1 unspecified atom stereocenters. The predicted molar refractivity (Wildman–Crippen MR) is 72.9 cm³/mol. The largest absolute Gasteiger partial charge is 0.493 e. The molecule has 98 valence electrons. The van der Waals surface area contributed by atoms with E-state index in [1.54, 1.807) is 0 Å². The summed E-state index contributed by atoms with van der Waals surface area (Å²) in [6.45, 7) is 3.03. The number of hydrogen-bond acceptors (Lipinski definition) is 3. The van der Waals surface area contributed by atoms with Gasteiger partial charge in [-0.2, -0.15) is 0 Å². The highest BCUT2D eigenvalue weighted by Crippen LogP contribution is 2.31. The lowest BCUT2D eigenvalue weighted by atomic mass is 10.0. The van der Waals surface area contributed by atoms with Crippen LogP contribution in [-0.4, -0.2) is 37.7 Å². The normalized spacial score (nSPS) is 22.7. The fourth-order valence-corrected chi connectivity index (χ4v) is 2.67. The molecule has 2 aliphatic rings. The minimum Gasteiger partial charge on any atom is -0.493 e. The van der Waals surface area contributed by atoms with Crippen molar-refractivity contribution in [1.82, 2.24) is 10.2 Å². The van der Waals surface area contributed by atoms with Gasteiger partial charge in [-0.25, -0.2) is 0 Å². The van der Waals surface area contributed by atoms with E-state index in [-0.39, 0.29) is 0 Å². The van der Waals surface area contributed by atoms with Crippen LogP contribution in [0.25, 0.3) is 0 Å². The highest BCUT2D eigenvalue weighted by atomic mass is 16.5. The molecule has 0 amide bonds. The van der Waals surface area contributed by atoms with Gasteiger partial charge in [-0.1, -0.05) is 18.2 Å². The van der Waals surface area contributed by atoms with E-state index in [1.165, 1.54) is 18.4 Å². The summed E-state index contributed by atoms with van der Waals surface area (Å²) in [6.07, 6.45) is 3.84. The lowest BCUT2D eigenvalue weighted by Crippen LogP contribution is -2.34. The van der Waals surface area contributed by atoms with Gasteiger partial charge in [0.15, 0.2) is 0 Å². The second kappa shape index (κ2) is 5.29. The van der Waals surface area contributed by atoms with Crippen molar-refractivity contribution >= 4 is 0 Å². The number of para-hydroxylation sites is 1. The van der Waals surface area contributed by atoms with E-state index in [0.717, 1.165) is 37.9 Å². The van der Waals surface area contributed by atoms with Crippen molar-refractivity contribution < 1.29 is 4.74 Å². The zero-order chi connectivity index (χ0) is 12.4. The molecule has 0 spiro atoms. The van der Waals surface area contributed by atoms with Gasteiger partial charge in [-0.3, -0.25) is 0 Å². The molecular weight excluding hydrogens is 224 g/mol. The van der Waals surface area contributed by atoms with Crippen molar-refractivity contribution in [3.63, 3.8) is 0 Å². The molecule has 1 aliphatic heterocycles. The van der Waals surface area contributed by atoms with Gasteiger partial charge >= 0.3 is 0 Å². The van der Waals surface area contributed by atoms with Crippen LogP contribution in [-0.2, 0) is 0 Å². The predicted octanol–water partition coefficient (Wildman–Crippen LogP) is 2.19. The van der Waals surface area contributed by atoms with Gasteiger partial charge < -0.3 is 15.0 Å². The monoisotopic (exact) mass is 246 g/mol. The minimum absolute atomic E-state index is 0.461. The summed E-state index contributed by atoms with van der Waals surface area (Å²) in [7, 11) is 2.23. The van der Waals surface area contributed by atoms with Crippen LogP contribution in [0.15, 0.2) is 24.3 Å². The standard InChI is InChI=1S/C15H22N2O/c1-17(12-6-7-12)10-9-16-14-8-11-18-15-5-3-2-4-13(14)15/h2-5,12,14,16H,6-11H2,1H3. The van der Waals surface area contributed by atoms with E-state index in [1.807, 2.05) is 6.07 Å². The lowest BCUT2D eigenvalue weighted by molar-refractivity contribution is 0.245. The van der Waals surface area contributed by atoms with Crippen LogP contribution in [0.5, 0.6) is 5.75 Å². The van der Waals surface area contributed by atoms with Crippen LogP contribution < -0.4 is 10.1 Å². The number of hydrogen-bond donors (Lipinski definition) is 1. The Hall–Kier alpha value is -1.06. The average molecular weight is 246 g/mol. The molecular formula is C15H22N2O. The molecule has 3 rings (SSSR count). The fraction of sp³-hybridized carbons (Fsp3) is 0.600. The summed E-state index contributed by atoms with van der Waals surface area (Å²) in [6, 6.07) is 9.70. The molecule has 18 heavy (non-hydrogen) atoms. The molecule has 0 radical (unpaired) electrons. The summed E-state index contributed by atoms with van der Waals surface area (Å²) in [4.78, 5) is 2.47. The highest BCUT2D eigenvalue weighted by Gasteiger charge is 2.26. The Balaban J connectivity index is 1.53. The molecule has 1 fully saturated rings. The summed E-state index contributed by atoms with van der Waals surface area (Å²) in [5.74, 6) is 1.05. The van der Waals surface area contributed by atoms with Crippen molar-refractivity contribution in [2.45, 2.75) is 31.3 Å². The Morgan fingerprint density at radius 1 is 1.28 bits per heavy atom. The molecule has 1 saturated carbocycles.